The molecule has 6 heteroatoms. The predicted molar refractivity (Wildman–Crippen MR) is 98.2 cm³/mol. The Morgan fingerprint density at radius 3 is 2.96 bits per heavy atom. The smallest absolute Gasteiger partial charge is 0.229 e. The number of carbonyl (C=O) groups is 1. The highest BCUT2D eigenvalue weighted by molar-refractivity contribution is 5.91. The van der Waals surface area contributed by atoms with E-state index in [1.807, 2.05) is 30.8 Å². The van der Waals surface area contributed by atoms with E-state index in [9.17, 15) is 4.79 Å². The number of pyridine rings is 1. The Bertz CT molecular complexity index is 722. The van der Waals surface area contributed by atoms with Gasteiger partial charge in [0.05, 0.1) is 11.6 Å². The lowest BCUT2D eigenvalue weighted by Gasteiger charge is -2.31. The van der Waals surface area contributed by atoms with E-state index in [1.54, 1.807) is 6.20 Å². The van der Waals surface area contributed by atoms with E-state index in [0.29, 0.717) is 5.82 Å². The van der Waals surface area contributed by atoms with Crippen LogP contribution in [-0.4, -0.2) is 38.7 Å². The molecule has 0 aromatic carbocycles. The number of hydrogen-bond donors (Lipinski definition) is 1. The number of nitrogens with zero attached hydrogens (tertiary/aromatic N) is 4. The van der Waals surface area contributed by atoms with Gasteiger partial charge in [-0.1, -0.05) is 13.0 Å². The van der Waals surface area contributed by atoms with Gasteiger partial charge >= 0.3 is 0 Å². The lowest BCUT2D eigenvalue weighted by molar-refractivity contribution is -0.121. The summed E-state index contributed by atoms with van der Waals surface area (Å²) >= 11 is 0. The summed E-state index contributed by atoms with van der Waals surface area (Å²) in [4.78, 5) is 19.2. The summed E-state index contributed by atoms with van der Waals surface area (Å²) in [7, 11) is 1.96. The van der Waals surface area contributed by atoms with Crippen molar-refractivity contribution in [2.24, 2.45) is 13.0 Å². The number of anilines is 1. The van der Waals surface area contributed by atoms with Crippen LogP contribution in [0.3, 0.4) is 0 Å². The summed E-state index contributed by atoms with van der Waals surface area (Å²) in [6, 6.07) is 3.82. The summed E-state index contributed by atoms with van der Waals surface area (Å²) < 4.78 is 1.88. The van der Waals surface area contributed by atoms with Crippen molar-refractivity contribution in [3.63, 3.8) is 0 Å². The van der Waals surface area contributed by atoms with Crippen LogP contribution in [0.5, 0.6) is 0 Å². The fourth-order valence-corrected chi connectivity index (χ4v) is 3.44. The summed E-state index contributed by atoms with van der Waals surface area (Å²) in [5.74, 6) is 0.717. The molecule has 1 atom stereocenters. The number of carbonyl (C=O) groups excluding carboxylic acids is 1. The van der Waals surface area contributed by atoms with Crippen LogP contribution in [0.4, 0.5) is 5.82 Å². The Morgan fingerprint density at radius 2 is 2.24 bits per heavy atom. The van der Waals surface area contributed by atoms with Crippen molar-refractivity contribution in [1.82, 2.24) is 19.7 Å². The molecule has 1 unspecified atom stereocenters. The first-order valence-electron chi connectivity index (χ1n) is 9.02. The number of rotatable bonds is 5. The molecule has 3 rings (SSSR count). The van der Waals surface area contributed by atoms with Crippen LogP contribution < -0.4 is 5.32 Å². The van der Waals surface area contributed by atoms with Gasteiger partial charge in [-0.15, -0.1) is 0 Å². The van der Waals surface area contributed by atoms with E-state index in [0.717, 1.165) is 50.2 Å². The molecule has 2 aromatic rings. The standard InChI is InChI=1S/C19H27N5O/c1-4-17-16(11-23(3)22-17)13-24-9-5-6-15(12-24)19(25)21-18-8-7-14(2)10-20-18/h7-8,10-11,15H,4-6,9,12-13H2,1-3H3,(H,20,21,25). The summed E-state index contributed by atoms with van der Waals surface area (Å²) in [6.07, 6.45) is 6.78. The van der Waals surface area contributed by atoms with E-state index in [-0.39, 0.29) is 11.8 Å². The molecule has 25 heavy (non-hydrogen) atoms. The van der Waals surface area contributed by atoms with Crippen LogP contribution in [0.1, 0.15) is 36.6 Å². The van der Waals surface area contributed by atoms with Gasteiger partial charge in [0.2, 0.25) is 5.91 Å². The number of hydrogen-bond acceptors (Lipinski definition) is 4. The predicted octanol–water partition coefficient (Wildman–Crippen LogP) is 2.54. The number of piperidine rings is 1. The van der Waals surface area contributed by atoms with E-state index in [2.05, 4.69) is 33.4 Å². The lowest BCUT2D eigenvalue weighted by Crippen LogP contribution is -2.40. The second kappa shape index (κ2) is 7.78. The Balaban J connectivity index is 1.60. The highest BCUT2D eigenvalue weighted by atomic mass is 16.2. The summed E-state index contributed by atoms with van der Waals surface area (Å²) in [6.45, 7) is 6.80. The largest absolute Gasteiger partial charge is 0.310 e. The van der Waals surface area contributed by atoms with Crippen LogP contribution in [0.15, 0.2) is 24.5 Å². The Kier molecular flexibility index (Phi) is 5.48. The van der Waals surface area contributed by atoms with Gasteiger partial charge in [-0.25, -0.2) is 4.98 Å². The number of aryl methyl sites for hydroxylation is 3. The molecule has 0 bridgehead atoms. The van der Waals surface area contributed by atoms with Crippen molar-refractivity contribution in [2.75, 3.05) is 18.4 Å². The van der Waals surface area contributed by atoms with Crippen molar-refractivity contribution < 1.29 is 4.79 Å². The van der Waals surface area contributed by atoms with Gasteiger partial charge < -0.3 is 5.32 Å². The summed E-state index contributed by atoms with van der Waals surface area (Å²) in [5, 5.41) is 7.47. The SMILES string of the molecule is CCc1nn(C)cc1CN1CCCC(C(=O)Nc2ccc(C)cn2)C1. The average Bonchev–Trinajstić information content (AvgIpc) is 2.96. The van der Waals surface area contributed by atoms with Crippen LogP contribution in [0.2, 0.25) is 0 Å². The fourth-order valence-electron chi connectivity index (χ4n) is 3.44. The minimum Gasteiger partial charge on any atom is -0.310 e. The Morgan fingerprint density at radius 1 is 1.40 bits per heavy atom. The first kappa shape index (κ1) is 17.6. The Hall–Kier alpha value is -2.21. The highest BCUT2D eigenvalue weighted by Gasteiger charge is 2.26. The molecular formula is C19H27N5O. The molecule has 1 aliphatic heterocycles. The van der Waals surface area contributed by atoms with E-state index < -0.39 is 0 Å². The topological polar surface area (TPSA) is 63.1 Å². The molecule has 0 saturated carbocycles. The first-order chi connectivity index (χ1) is 12.0. The highest BCUT2D eigenvalue weighted by Crippen LogP contribution is 2.21. The molecule has 0 spiro atoms. The Labute approximate surface area is 149 Å². The molecular weight excluding hydrogens is 314 g/mol. The summed E-state index contributed by atoms with van der Waals surface area (Å²) in [5.41, 5.74) is 3.51. The van der Waals surface area contributed by atoms with Crippen LogP contribution in [0, 0.1) is 12.8 Å². The maximum absolute atomic E-state index is 12.6. The maximum atomic E-state index is 12.6. The third-order valence-electron chi connectivity index (χ3n) is 4.76. The average molecular weight is 341 g/mol. The third-order valence-corrected chi connectivity index (χ3v) is 4.76. The molecule has 1 aliphatic rings. The molecule has 1 N–H and O–H groups in total. The van der Waals surface area contributed by atoms with E-state index in [1.165, 1.54) is 5.56 Å². The lowest BCUT2D eigenvalue weighted by atomic mass is 9.96. The fraction of sp³-hybridized carbons (Fsp3) is 0.526. The van der Waals surface area contributed by atoms with Crippen molar-refractivity contribution in [3.8, 4) is 0 Å². The van der Waals surface area contributed by atoms with Gasteiger partial charge in [-0.05, 0) is 44.4 Å². The molecule has 1 saturated heterocycles. The van der Waals surface area contributed by atoms with Gasteiger partial charge in [-0.3, -0.25) is 14.4 Å². The van der Waals surface area contributed by atoms with Crippen molar-refractivity contribution >= 4 is 11.7 Å². The van der Waals surface area contributed by atoms with Crippen LogP contribution >= 0.6 is 0 Å². The number of amides is 1. The van der Waals surface area contributed by atoms with Gasteiger partial charge in [0.25, 0.3) is 0 Å². The van der Waals surface area contributed by atoms with Gasteiger partial charge in [0.15, 0.2) is 0 Å². The molecule has 134 valence electrons. The van der Waals surface area contributed by atoms with Gasteiger partial charge in [0.1, 0.15) is 5.82 Å². The molecule has 3 heterocycles. The monoisotopic (exact) mass is 341 g/mol. The number of aromatic nitrogens is 3. The molecule has 2 aromatic heterocycles. The van der Waals surface area contributed by atoms with E-state index >= 15 is 0 Å². The third kappa shape index (κ3) is 4.45. The maximum Gasteiger partial charge on any atom is 0.229 e. The van der Waals surface area contributed by atoms with Gasteiger partial charge in [0, 0.05) is 38.1 Å². The molecule has 1 fully saturated rings. The second-order valence-corrected chi connectivity index (χ2v) is 6.91. The second-order valence-electron chi connectivity index (χ2n) is 6.91. The zero-order chi connectivity index (χ0) is 17.8. The van der Waals surface area contributed by atoms with Crippen LogP contribution in [0.25, 0.3) is 0 Å². The minimum absolute atomic E-state index is 0.0126. The number of nitrogens with one attached hydrogen (secondary N) is 1. The zero-order valence-corrected chi connectivity index (χ0v) is 15.3. The minimum atomic E-state index is 0.0126. The van der Waals surface area contributed by atoms with Gasteiger partial charge in [-0.2, -0.15) is 5.10 Å². The molecule has 0 radical (unpaired) electrons. The molecule has 6 nitrogen and oxygen atoms in total. The van der Waals surface area contributed by atoms with Crippen molar-refractivity contribution in [3.05, 3.63) is 41.3 Å². The molecule has 1 amide bonds. The van der Waals surface area contributed by atoms with Crippen molar-refractivity contribution in [1.29, 1.82) is 0 Å². The quantitative estimate of drug-likeness (QED) is 0.908. The zero-order valence-electron chi connectivity index (χ0n) is 15.3. The van der Waals surface area contributed by atoms with Crippen molar-refractivity contribution in [2.45, 2.75) is 39.7 Å². The molecule has 0 aliphatic carbocycles. The first-order valence-corrected chi connectivity index (χ1v) is 9.02. The number of likely N-dealkylation sites (tertiary alicyclic amines) is 1. The normalized spacial score (nSPS) is 18.3. The van der Waals surface area contributed by atoms with Crippen LogP contribution in [-0.2, 0) is 24.8 Å². The van der Waals surface area contributed by atoms with E-state index in [4.69, 9.17) is 0 Å².